The van der Waals surface area contributed by atoms with Gasteiger partial charge in [0.05, 0.1) is 22.8 Å². The molecule has 2 rings (SSSR count). The highest BCUT2D eigenvalue weighted by Gasteiger charge is 2.22. The quantitative estimate of drug-likeness (QED) is 0.760. The first kappa shape index (κ1) is 13.4. The number of sulfonamides is 1. The molecule has 1 aliphatic rings. The van der Waals surface area contributed by atoms with Crippen LogP contribution >= 0.6 is 0 Å². The van der Waals surface area contributed by atoms with Crippen molar-refractivity contribution in [2.75, 3.05) is 17.0 Å². The molecule has 3 N–H and O–H groups in total. The van der Waals surface area contributed by atoms with Crippen LogP contribution in [0, 0.1) is 13.8 Å². The van der Waals surface area contributed by atoms with Crippen molar-refractivity contribution in [3.8, 4) is 0 Å². The van der Waals surface area contributed by atoms with Crippen molar-refractivity contribution < 1.29 is 8.42 Å². The molecule has 0 aliphatic carbocycles. The Kier molecular flexibility index (Phi) is 3.91. The number of aryl methyl sites for hydroxylation is 2. The van der Waals surface area contributed by atoms with E-state index in [0.29, 0.717) is 11.4 Å². The molecule has 0 spiro atoms. The number of anilines is 1. The van der Waals surface area contributed by atoms with E-state index in [-0.39, 0.29) is 11.8 Å². The molecule has 1 aliphatic heterocycles. The zero-order valence-electron chi connectivity index (χ0n) is 10.8. The second kappa shape index (κ2) is 5.27. The minimum atomic E-state index is -3.32. The molecule has 0 amide bonds. The lowest BCUT2D eigenvalue weighted by Gasteiger charge is -2.23. The van der Waals surface area contributed by atoms with Gasteiger partial charge in [-0.3, -0.25) is 9.82 Å². The van der Waals surface area contributed by atoms with Gasteiger partial charge in [0, 0.05) is 6.04 Å². The SMILES string of the molecule is Cc1n[nH]c(C)c1NS(=O)(=O)CC1CCCCN1. The summed E-state index contributed by atoms with van der Waals surface area (Å²) in [6.07, 6.45) is 3.14. The number of hydrogen-bond donors (Lipinski definition) is 3. The lowest BCUT2D eigenvalue weighted by Crippen LogP contribution is -2.40. The normalized spacial score (nSPS) is 20.9. The lowest BCUT2D eigenvalue weighted by molar-refractivity contribution is 0.424. The van der Waals surface area contributed by atoms with E-state index in [4.69, 9.17) is 0 Å². The highest BCUT2D eigenvalue weighted by molar-refractivity contribution is 7.92. The molecule has 1 aromatic rings. The van der Waals surface area contributed by atoms with Crippen LogP contribution in [0.4, 0.5) is 5.69 Å². The summed E-state index contributed by atoms with van der Waals surface area (Å²) in [5, 5.41) is 9.99. The summed E-state index contributed by atoms with van der Waals surface area (Å²) in [6.45, 7) is 4.49. The third-order valence-corrected chi connectivity index (χ3v) is 4.57. The van der Waals surface area contributed by atoms with Gasteiger partial charge in [0.25, 0.3) is 0 Å². The van der Waals surface area contributed by atoms with Gasteiger partial charge in [-0.25, -0.2) is 8.42 Å². The molecule has 7 heteroatoms. The summed E-state index contributed by atoms with van der Waals surface area (Å²) in [6, 6.07) is 0.0590. The highest BCUT2D eigenvalue weighted by Crippen LogP contribution is 2.18. The first-order valence-corrected chi connectivity index (χ1v) is 7.88. The predicted octanol–water partition coefficient (Wildman–Crippen LogP) is 0.910. The fourth-order valence-corrected chi connectivity index (χ4v) is 3.74. The number of hydrogen-bond acceptors (Lipinski definition) is 4. The van der Waals surface area contributed by atoms with Crippen molar-refractivity contribution in [3.63, 3.8) is 0 Å². The minimum Gasteiger partial charge on any atom is -0.313 e. The van der Waals surface area contributed by atoms with E-state index in [0.717, 1.165) is 31.5 Å². The molecule has 18 heavy (non-hydrogen) atoms. The van der Waals surface area contributed by atoms with Crippen LogP contribution in [0.15, 0.2) is 0 Å². The molecular weight excluding hydrogens is 252 g/mol. The molecule has 0 aromatic carbocycles. The Morgan fingerprint density at radius 1 is 1.39 bits per heavy atom. The lowest BCUT2D eigenvalue weighted by atomic mass is 10.1. The Morgan fingerprint density at radius 3 is 2.72 bits per heavy atom. The number of piperidine rings is 1. The smallest absolute Gasteiger partial charge is 0.234 e. The van der Waals surface area contributed by atoms with Gasteiger partial charge >= 0.3 is 0 Å². The molecule has 0 bridgehead atoms. The molecule has 1 fully saturated rings. The molecule has 2 heterocycles. The fourth-order valence-electron chi connectivity index (χ4n) is 2.23. The van der Waals surface area contributed by atoms with Crippen LogP contribution < -0.4 is 10.0 Å². The Balaban J connectivity index is 2.03. The van der Waals surface area contributed by atoms with Gasteiger partial charge in [0.2, 0.25) is 10.0 Å². The molecule has 6 nitrogen and oxygen atoms in total. The maximum absolute atomic E-state index is 12.1. The van der Waals surface area contributed by atoms with E-state index in [1.807, 2.05) is 0 Å². The molecule has 1 saturated heterocycles. The number of rotatable bonds is 4. The first-order valence-electron chi connectivity index (χ1n) is 6.23. The van der Waals surface area contributed by atoms with Gasteiger partial charge in [-0.05, 0) is 33.2 Å². The van der Waals surface area contributed by atoms with Gasteiger partial charge < -0.3 is 5.32 Å². The molecule has 1 aromatic heterocycles. The largest absolute Gasteiger partial charge is 0.313 e. The Morgan fingerprint density at radius 2 is 2.17 bits per heavy atom. The summed E-state index contributed by atoms with van der Waals surface area (Å²) < 4.78 is 26.8. The van der Waals surface area contributed by atoms with Crippen molar-refractivity contribution in [3.05, 3.63) is 11.4 Å². The number of aromatic nitrogens is 2. The first-order chi connectivity index (χ1) is 8.48. The van der Waals surface area contributed by atoms with Crippen LogP contribution in [0.1, 0.15) is 30.7 Å². The van der Waals surface area contributed by atoms with E-state index >= 15 is 0 Å². The fraction of sp³-hybridized carbons (Fsp3) is 0.727. The number of nitrogens with zero attached hydrogens (tertiary/aromatic N) is 1. The third-order valence-electron chi connectivity index (χ3n) is 3.22. The second-order valence-corrected chi connectivity index (χ2v) is 6.61. The molecule has 0 saturated carbocycles. The van der Waals surface area contributed by atoms with Gasteiger partial charge in [-0.15, -0.1) is 0 Å². The Labute approximate surface area is 108 Å². The monoisotopic (exact) mass is 272 g/mol. The van der Waals surface area contributed by atoms with Gasteiger partial charge in [-0.2, -0.15) is 5.10 Å². The van der Waals surface area contributed by atoms with Gasteiger partial charge in [0.15, 0.2) is 0 Å². The predicted molar refractivity (Wildman–Crippen MR) is 71.1 cm³/mol. The molecule has 0 radical (unpaired) electrons. The summed E-state index contributed by atoms with van der Waals surface area (Å²) in [5.74, 6) is 0.122. The Hall–Kier alpha value is -1.08. The maximum Gasteiger partial charge on any atom is 0.234 e. The summed E-state index contributed by atoms with van der Waals surface area (Å²) in [7, 11) is -3.32. The van der Waals surface area contributed by atoms with Gasteiger partial charge in [-0.1, -0.05) is 6.42 Å². The number of nitrogens with one attached hydrogen (secondary N) is 3. The summed E-state index contributed by atoms with van der Waals surface area (Å²) in [4.78, 5) is 0. The molecule has 1 atom stereocenters. The maximum atomic E-state index is 12.1. The average Bonchev–Trinajstić information content (AvgIpc) is 2.61. The zero-order valence-corrected chi connectivity index (χ0v) is 11.6. The van der Waals surface area contributed by atoms with Crippen molar-refractivity contribution in [2.24, 2.45) is 0 Å². The van der Waals surface area contributed by atoms with Crippen molar-refractivity contribution in [1.82, 2.24) is 15.5 Å². The van der Waals surface area contributed by atoms with Crippen LogP contribution in [0.5, 0.6) is 0 Å². The second-order valence-electron chi connectivity index (χ2n) is 4.84. The average molecular weight is 272 g/mol. The topological polar surface area (TPSA) is 86.9 Å². The summed E-state index contributed by atoms with van der Waals surface area (Å²) in [5.41, 5.74) is 1.99. The number of aromatic amines is 1. The van der Waals surface area contributed by atoms with E-state index in [2.05, 4.69) is 20.2 Å². The summed E-state index contributed by atoms with van der Waals surface area (Å²) >= 11 is 0. The van der Waals surface area contributed by atoms with Crippen molar-refractivity contribution in [1.29, 1.82) is 0 Å². The minimum absolute atomic E-state index is 0.0590. The van der Waals surface area contributed by atoms with Crippen LogP contribution in [-0.4, -0.2) is 37.0 Å². The standard InChI is InChI=1S/C11H20N4O2S/c1-8-11(9(2)14-13-8)15-18(16,17)7-10-5-3-4-6-12-10/h10,12,15H,3-7H2,1-2H3,(H,13,14). The third kappa shape index (κ3) is 3.23. The van der Waals surface area contributed by atoms with E-state index < -0.39 is 10.0 Å². The highest BCUT2D eigenvalue weighted by atomic mass is 32.2. The Bertz CT molecular complexity index is 484. The van der Waals surface area contributed by atoms with Crippen LogP contribution in [-0.2, 0) is 10.0 Å². The van der Waals surface area contributed by atoms with Crippen molar-refractivity contribution in [2.45, 2.75) is 39.2 Å². The van der Waals surface area contributed by atoms with Gasteiger partial charge in [0.1, 0.15) is 0 Å². The molecule has 1 unspecified atom stereocenters. The van der Waals surface area contributed by atoms with Crippen LogP contribution in [0.3, 0.4) is 0 Å². The molecular formula is C11H20N4O2S. The van der Waals surface area contributed by atoms with E-state index in [9.17, 15) is 8.42 Å². The van der Waals surface area contributed by atoms with E-state index in [1.165, 1.54) is 0 Å². The van der Waals surface area contributed by atoms with Crippen LogP contribution in [0.2, 0.25) is 0 Å². The van der Waals surface area contributed by atoms with Crippen LogP contribution in [0.25, 0.3) is 0 Å². The van der Waals surface area contributed by atoms with Crippen molar-refractivity contribution >= 4 is 15.7 Å². The zero-order chi connectivity index (χ0) is 13.2. The number of H-pyrrole nitrogens is 1. The van der Waals surface area contributed by atoms with E-state index in [1.54, 1.807) is 13.8 Å². The molecule has 102 valence electrons.